The Morgan fingerprint density at radius 2 is 1.53 bits per heavy atom. The van der Waals surface area contributed by atoms with Gasteiger partial charge in [-0.1, -0.05) is 46.5 Å². The molecule has 1 fully saturated rings. The van der Waals surface area contributed by atoms with Crippen LogP contribution in [0.2, 0.25) is 0 Å². The molecule has 102 valence electrons. The van der Waals surface area contributed by atoms with E-state index in [1.165, 1.54) is 51.5 Å². The van der Waals surface area contributed by atoms with Crippen LogP contribution in [0.3, 0.4) is 0 Å². The molecule has 0 heterocycles. The van der Waals surface area contributed by atoms with E-state index in [4.69, 9.17) is 0 Å². The predicted molar refractivity (Wildman–Crippen MR) is 77.3 cm³/mol. The molecule has 1 aliphatic carbocycles. The molecule has 1 rings (SSSR count). The summed E-state index contributed by atoms with van der Waals surface area (Å²) < 4.78 is 0. The first-order valence-corrected chi connectivity index (χ1v) is 7.54. The van der Waals surface area contributed by atoms with Crippen molar-refractivity contribution < 1.29 is 0 Å². The summed E-state index contributed by atoms with van der Waals surface area (Å²) in [6.45, 7) is 8.50. The maximum Gasteiger partial charge on any atom is -0.00248 e. The monoisotopic (exact) mass is 239 g/mol. The molecule has 0 spiro atoms. The van der Waals surface area contributed by atoms with Crippen molar-refractivity contribution >= 4 is 0 Å². The van der Waals surface area contributed by atoms with Gasteiger partial charge < -0.3 is 4.90 Å². The van der Waals surface area contributed by atoms with Crippen LogP contribution in [0.25, 0.3) is 0 Å². The first-order valence-electron chi connectivity index (χ1n) is 7.54. The molecule has 0 bridgehead atoms. The third kappa shape index (κ3) is 5.90. The highest BCUT2D eigenvalue weighted by Crippen LogP contribution is 2.40. The Bertz CT molecular complexity index is 194. The summed E-state index contributed by atoms with van der Waals surface area (Å²) in [6, 6.07) is 0. The number of hydrogen-bond donors (Lipinski definition) is 0. The Morgan fingerprint density at radius 1 is 0.941 bits per heavy atom. The smallest absolute Gasteiger partial charge is 0.00248 e. The van der Waals surface area contributed by atoms with Crippen molar-refractivity contribution in [2.75, 3.05) is 20.6 Å². The van der Waals surface area contributed by atoms with Gasteiger partial charge in [-0.3, -0.25) is 0 Å². The van der Waals surface area contributed by atoms with Gasteiger partial charge in [0.1, 0.15) is 0 Å². The number of unbranched alkanes of at least 4 members (excludes halogenated alkanes) is 1. The van der Waals surface area contributed by atoms with Gasteiger partial charge in [-0.25, -0.2) is 0 Å². The van der Waals surface area contributed by atoms with Gasteiger partial charge in [-0.15, -0.1) is 0 Å². The summed E-state index contributed by atoms with van der Waals surface area (Å²) in [6.07, 6.45) is 10.2. The van der Waals surface area contributed by atoms with E-state index >= 15 is 0 Å². The second-order valence-electron chi connectivity index (χ2n) is 7.38. The summed E-state index contributed by atoms with van der Waals surface area (Å²) in [5.41, 5.74) is 0.538. The van der Waals surface area contributed by atoms with E-state index in [-0.39, 0.29) is 0 Å². The van der Waals surface area contributed by atoms with Gasteiger partial charge >= 0.3 is 0 Å². The topological polar surface area (TPSA) is 3.24 Å². The zero-order valence-corrected chi connectivity index (χ0v) is 12.8. The number of rotatable bonds is 5. The molecular weight excluding hydrogens is 206 g/mol. The van der Waals surface area contributed by atoms with Gasteiger partial charge in [0.2, 0.25) is 0 Å². The standard InChI is InChI=1S/C16H33N/c1-16(2,3)15-11-9-14(10-12-15)8-6-7-13-17(4)5/h14-15H,6-13H2,1-5H3. The van der Waals surface area contributed by atoms with Crippen LogP contribution < -0.4 is 0 Å². The van der Waals surface area contributed by atoms with Gasteiger partial charge in [0.15, 0.2) is 0 Å². The minimum absolute atomic E-state index is 0.538. The summed E-state index contributed by atoms with van der Waals surface area (Å²) in [5, 5.41) is 0. The van der Waals surface area contributed by atoms with E-state index in [0.29, 0.717) is 5.41 Å². The molecule has 0 aromatic heterocycles. The molecule has 0 N–H and O–H groups in total. The largest absolute Gasteiger partial charge is 0.309 e. The third-order valence-corrected chi connectivity index (χ3v) is 4.54. The molecule has 0 unspecified atom stereocenters. The number of hydrogen-bond acceptors (Lipinski definition) is 1. The Kier molecular flexibility index (Phi) is 5.99. The normalized spacial score (nSPS) is 26.5. The van der Waals surface area contributed by atoms with Crippen LogP contribution in [0.4, 0.5) is 0 Å². The molecule has 0 radical (unpaired) electrons. The van der Waals surface area contributed by atoms with Crippen molar-refractivity contribution in [2.45, 2.75) is 65.7 Å². The Balaban J connectivity index is 2.11. The first kappa shape index (κ1) is 15.0. The van der Waals surface area contributed by atoms with Gasteiger partial charge in [0.25, 0.3) is 0 Å². The Morgan fingerprint density at radius 3 is 2.00 bits per heavy atom. The van der Waals surface area contributed by atoms with Crippen LogP contribution in [0.15, 0.2) is 0 Å². The minimum atomic E-state index is 0.538. The molecule has 17 heavy (non-hydrogen) atoms. The highest BCUT2D eigenvalue weighted by molar-refractivity contribution is 4.80. The second-order valence-corrected chi connectivity index (χ2v) is 7.38. The van der Waals surface area contributed by atoms with Crippen LogP contribution in [0, 0.1) is 17.3 Å². The van der Waals surface area contributed by atoms with Crippen molar-refractivity contribution in [1.82, 2.24) is 4.90 Å². The molecule has 0 atom stereocenters. The van der Waals surface area contributed by atoms with E-state index in [1.54, 1.807) is 0 Å². The van der Waals surface area contributed by atoms with Crippen molar-refractivity contribution in [2.24, 2.45) is 17.3 Å². The lowest BCUT2D eigenvalue weighted by atomic mass is 9.69. The third-order valence-electron chi connectivity index (χ3n) is 4.54. The zero-order valence-electron chi connectivity index (χ0n) is 12.8. The van der Waals surface area contributed by atoms with E-state index in [1.807, 2.05) is 0 Å². The van der Waals surface area contributed by atoms with E-state index in [9.17, 15) is 0 Å². The highest BCUT2D eigenvalue weighted by atomic mass is 15.0. The highest BCUT2D eigenvalue weighted by Gasteiger charge is 2.29. The van der Waals surface area contributed by atoms with Gasteiger partial charge in [-0.05, 0) is 57.2 Å². The molecule has 1 nitrogen and oxygen atoms in total. The molecule has 1 heteroatoms. The van der Waals surface area contributed by atoms with E-state index in [2.05, 4.69) is 39.8 Å². The zero-order chi connectivity index (χ0) is 12.9. The lowest BCUT2D eigenvalue weighted by Gasteiger charge is -2.37. The molecule has 0 amide bonds. The van der Waals surface area contributed by atoms with Crippen molar-refractivity contribution in [1.29, 1.82) is 0 Å². The van der Waals surface area contributed by atoms with Gasteiger partial charge in [0.05, 0.1) is 0 Å². The van der Waals surface area contributed by atoms with E-state index in [0.717, 1.165) is 11.8 Å². The molecule has 0 aliphatic heterocycles. The van der Waals surface area contributed by atoms with Crippen molar-refractivity contribution in [3.8, 4) is 0 Å². The maximum atomic E-state index is 2.41. The summed E-state index contributed by atoms with van der Waals surface area (Å²) >= 11 is 0. The van der Waals surface area contributed by atoms with Gasteiger partial charge in [0, 0.05) is 0 Å². The molecule has 1 saturated carbocycles. The van der Waals surface area contributed by atoms with Crippen LogP contribution in [-0.2, 0) is 0 Å². The lowest BCUT2D eigenvalue weighted by Crippen LogP contribution is -2.25. The summed E-state index contributed by atoms with van der Waals surface area (Å²) in [5.74, 6) is 2.01. The Labute approximate surface area is 109 Å². The Hall–Kier alpha value is -0.0400. The summed E-state index contributed by atoms with van der Waals surface area (Å²) in [4.78, 5) is 2.30. The molecule has 0 saturated heterocycles. The fraction of sp³-hybridized carbons (Fsp3) is 1.00. The van der Waals surface area contributed by atoms with Crippen molar-refractivity contribution in [3.63, 3.8) is 0 Å². The van der Waals surface area contributed by atoms with Crippen LogP contribution in [0.5, 0.6) is 0 Å². The fourth-order valence-electron chi connectivity index (χ4n) is 3.18. The minimum Gasteiger partial charge on any atom is -0.309 e. The molecular formula is C16H33N. The van der Waals surface area contributed by atoms with Crippen LogP contribution in [-0.4, -0.2) is 25.5 Å². The second kappa shape index (κ2) is 6.78. The first-order chi connectivity index (χ1) is 7.89. The van der Waals surface area contributed by atoms with Gasteiger partial charge in [-0.2, -0.15) is 0 Å². The SMILES string of the molecule is CN(C)CCCCC1CCC(C(C)(C)C)CC1. The average molecular weight is 239 g/mol. The van der Waals surface area contributed by atoms with Crippen LogP contribution >= 0.6 is 0 Å². The van der Waals surface area contributed by atoms with E-state index < -0.39 is 0 Å². The lowest BCUT2D eigenvalue weighted by molar-refractivity contribution is 0.145. The molecule has 1 aliphatic rings. The summed E-state index contributed by atoms with van der Waals surface area (Å²) in [7, 11) is 4.35. The molecule has 0 aromatic carbocycles. The molecule has 0 aromatic rings. The number of nitrogens with zero attached hydrogens (tertiary/aromatic N) is 1. The predicted octanol–water partition coefficient (Wildman–Crippen LogP) is 4.57. The fourth-order valence-corrected chi connectivity index (χ4v) is 3.18. The quantitative estimate of drug-likeness (QED) is 0.635. The average Bonchev–Trinajstić information content (AvgIpc) is 2.23. The van der Waals surface area contributed by atoms with Crippen LogP contribution in [0.1, 0.15) is 65.7 Å². The maximum absolute atomic E-state index is 2.41. The van der Waals surface area contributed by atoms with Crippen molar-refractivity contribution in [3.05, 3.63) is 0 Å².